The number of nitrogens with zero attached hydrogens (tertiary/aromatic N) is 7. The number of nitrogens with one attached hydrogen (secondary N) is 1. The summed E-state index contributed by atoms with van der Waals surface area (Å²) in [5, 5.41) is 7.53. The first-order valence-corrected chi connectivity index (χ1v) is 9.28. The van der Waals surface area contributed by atoms with Crippen molar-refractivity contribution in [1.29, 1.82) is 0 Å². The lowest BCUT2D eigenvalue weighted by molar-refractivity contribution is 0.133. The Hall–Kier alpha value is -2.87. The third-order valence-corrected chi connectivity index (χ3v) is 4.92. The zero-order chi connectivity index (χ0) is 18.6. The molecule has 8 heteroatoms. The van der Waals surface area contributed by atoms with Crippen LogP contribution in [0.15, 0.2) is 36.9 Å². The minimum atomic E-state index is 0.276. The van der Waals surface area contributed by atoms with Crippen molar-refractivity contribution in [2.75, 3.05) is 11.9 Å². The summed E-state index contributed by atoms with van der Waals surface area (Å²) in [6.07, 6.45) is 10.4. The first-order valence-electron chi connectivity index (χ1n) is 9.28. The van der Waals surface area contributed by atoms with E-state index in [4.69, 9.17) is 4.98 Å². The van der Waals surface area contributed by atoms with Crippen LogP contribution in [0.25, 0.3) is 0 Å². The maximum Gasteiger partial charge on any atom is 0.150 e. The van der Waals surface area contributed by atoms with Gasteiger partial charge < -0.3 is 5.32 Å². The van der Waals surface area contributed by atoms with Crippen LogP contribution in [-0.4, -0.2) is 41.2 Å². The summed E-state index contributed by atoms with van der Waals surface area (Å²) in [5.41, 5.74) is 2.27. The fourth-order valence-electron chi connectivity index (χ4n) is 3.60. The molecule has 1 aliphatic rings. The van der Waals surface area contributed by atoms with Crippen LogP contribution in [0.5, 0.6) is 0 Å². The first kappa shape index (κ1) is 17.5. The molecule has 1 aliphatic heterocycles. The van der Waals surface area contributed by atoms with Gasteiger partial charge in [0.05, 0.1) is 23.6 Å². The van der Waals surface area contributed by atoms with Gasteiger partial charge in [0.15, 0.2) is 0 Å². The Morgan fingerprint density at radius 1 is 1.15 bits per heavy atom. The van der Waals surface area contributed by atoms with E-state index >= 15 is 0 Å². The summed E-state index contributed by atoms with van der Waals surface area (Å²) < 4.78 is 1.94. The van der Waals surface area contributed by atoms with E-state index in [2.05, 4.69) is 36.3 Å². The summed E-state index contributed by atoms with van der Waals surface area (Å²) in [6.45, 7) is 3.86. The van der Waals surface area contributed by atoms with E-state index in [1.807, 2.05) is 30.9 Å². The molecule has 4 rings (SSSR count). The van der Waals surface area contributed by atoms with E-state index < -0.39 is 0 Å². The molecule has 0 radical (unpaired) electrons. The van der Waals surface area contributed by atoms with Gasteiger partial charge in [-0.3, -0.25) is 14.6 Å². The molecule has 3 aromatic rings. The van der Waals surface area contributed by atoms with Crippen molar-refractivity contribution in [3.8, 4) is 0 Å². The van der Waals surface area contributed by atoms with Crippen LogP contribution in [0.2, 0.25) is 0 Å². The molecule has 0 saturated carbocycles. The highest BCUT2D eigenvalue weighted by Gasteiger charge is 2.26. The molecule has 4 heterocycles. The summed E-state index contributed by atoms with van der Waals surface area (Å²) in [4.78, 5) is 20.1. The SMILES string of the molecule is Cc1nc(Nc2cnccn2)cc(C2CCCCN2Cc2ccnn2C)n1. The van der Waals surface area contributed by atoms with Gasteiger partial charge in [0.25, 0.3) is 0 Å². The molecule has 1 N–H and O–H groups in total. The van der Waals surface area contributed by atoms with E-state index in [9.17, 15) is 0 Å². The van der Waals surface area contributed by atoms with Crippen molar-refractivity contribution in [2.45, 2.75) is 38.8 Å². The first-order chi connectivity index (χ1) is 13.2. The van der Waals surface area contributed by atoms with Crippen LogP contribution in [-0.2, 0) is 13.6 Å². The highest BCUT2D eigenvalue weighted by atomic mass is 15.3. The predicted molar refractivity (Wildman–Crippen MR) is 102 cm³/mol. The number of hydrogen-bond donors (Lipinski definition) is 1. The van der Waals surface area contributed by atoms with Crippen molar-refractivity contribution in [1.82, 2.24) is 34.6 Å². The molecule has 1 saturated heterocycles. The Morgan fingerprint density at radius 2 is 2.07 bits per heavy atom. The van der Waals surface area contributed by atoms with Crippen molar-refractivity contribution in [3.63, 3.8) is 0 Å². The molecular formula is C19H24N8. The zero-order valence-electron chi connectivity index (χ0n) is 15.7. The fourth-order valence-corrected chi connectivity index (χ4v) is 3.60. The van der Waals surface area contributed by atoms with Crippen LogP contribution < -0.4 is 5.32 Å². The van der Waals surface area contributed by atoms with Gasteiger partial charge in [0.1, 0.15) is 17.5 Å². The fraction of sp³-hybridized carbons (Fsp3) is 0.421. The van der Waals surface area contributed by atoms with Crippen LogP contribution in [0.3, 0.4) is 0 Å². The number of rotatable bonds is 5. The van der Waals surface area contributed by atoms with Gasteiger partial charge in [-0.25, -0.2) is 15.0 Å². The number of aryl methyl sites for hydroxylation is 2. The normalized spacial score (nSPS) is 17.8. The number of piperidine rings is 1. The highest BCUT2D eigenvalue weighted by Crippen LogP contribution is 2.32. The molecule has 27 heavy (non-hydrogen) atoms. The second-order valence-electron chi connectivity index (χ2n) is 6.87. The molecule has 1 atom stereocenters. The Bertz CT molecular complexity index is 892. The third kappa shape index (κ3) is 4.11. The van der Waals surface area contributed by atoms with Gasteiger partial charge >= 0.3 is 0 Å². The molecule has 0 spiro atoms. The van der Waals surface area contributed by atoms with Gasteiger partial charge in [0.2, 0.25) is 0 Å². The number of anilines is 2. The maximum absolute atomic E-state index is 4.75. The zero-order valence-corrected chi connectivity index (χ0v) is 15.7. The molecule has 0 amide bonds. The van der Waals surface area contributed by atoms with E-state index in [1.54, 1.807) is 18.6 Å². The Labute approximate surface area is 158 Å². The standard InChI is InChI=1S/C19H24N8/c1-14-23-16(11-18(24-14)25-19-12-20-8-9-21-19)17-5-3-4-10-27(17)13-15-6-7-22-26(15)2/h6-9,11-12,17H,3-5,10,13H2,1-2H3,(H,21,23,24,25). The largest absolute Gasteiger partial charge is 0.324 e. The van der Waals surface area contributed by atoms with E-state index in [-0.39, 0.29) is 6.04 Å². The van der Waals surface area contributed by atoms with Crippen molar-refractivity contribution < 1.29 is 0 Å². The topological polar surface area (TPSA) is 84.7 Å². The monoisotopic (exact) mass is 364 g/mol. The molecule has 0 bridgehead atoms. The lowest BCUT2D eigenvalue weighted by Gasteiger charge is -2.35. The quantitative estimate of drug-likeness (QED) is 0.745. The molecule has 3 aromatic heterocycles. The Balaban J connectivity index is 1.59. The maximum atomic E-state index is 4.75. The smallest absolute Gasteiger partial charge is 0.150 e. The lowest BCUT2D eigenvalue weighted by Crippen LogP contribution is -2.34. The van der Waals surface area contributed by atoms with Crippen molar-refractivity contribution in [2.24, 2.45) is 7.05 Å². The summed E-state index contributed by atoms with van der Waals surface area (Å²) in [7, 11) is 1.99. The third-order valence-electron chi connectivity index (χ3n) is 4.92. The minimum absolute atomic E-state index is 0.276. The van der Waals surface area contributed by atoms with E-state index in [1.165, 1.54) is 18.5 Å². The molecule has 1 fully saturated rings. The van der Waals surface area contributed by atoms with Crippen molar-refractivity contribution in [3.05, 3.63) is 54.1 Å². The molecule has 0 aromatic carbocycles. The van der Waals surface area contributed by atoms with Gasteiger partial charge in [-0.2, -0.15) is 5.10 Å². The van der Waals surface area contributed by atoms with Crippen molar-refractivity contribution >= 4 is 11.6 Å². The van der Waals surface area contributed by atoms with Gasteiger partial charge in [0, 0.05) is 38.2 Å². The number of likely N-dealkylation sites (tertiary alicyclic amines) is 1. The van der Waals surface area contributed by atoms with Crippen LogP contribution in [0.4, 0.5) is 11.6 Å². The van der Waals surface area contributed by atoms with Gasteiger partial charge in [-0.05, 0) is 32.4 Å². The molecule has 140 valence electrons. The molecule has 0 aliphatic carbocycles. The minimum Gasteiger partial charge on any atom is -0.324 e. The molecule has 8 nitrogen and oxygen atoms in total. The summed E-state index contributed by atoms with van der Waals surface area (Å²) in [5.74, 6) is 2.19. The van der Waals surface area contributed by atoms with Gasteiger partial charge in [-0.1, -0.05) is 6.42 Å². The van der Waals surface area contributed by atoms with Crippen LogP contribution in [0.1, 0.15) is 42.5 Å². The molecule has 1 unspecified atom stereocenters. The second kappa shape index (κ2) is 7.79. The summed E-state index contributed by atoms with van der Waals surface area (Å²) in [6, 6.07) is 4.39. The van der Waals surface area contributed by atoms with E-state index in [0.717, 1.165) is 36.8 Å². The lowest BCUT2D eigenvalue weighted by atomic mass is 9.98. The molecular weight excluding hydrogens is 340 g/mol. The predicted octanol–water partition coefficient (Wildman–Crippen LogP) is 2.78. The average Bonchev–Trinajstić information content (AvgIpc) is 3.07. The second-order valence-corrected chi connectivity index (χ2v) is 6.87. The van der Waals surface area contributed by atoms with Crippen LogP contribution in [0, 0.1) is 6.92 Å². The Morgan fingerprint density at radius 3 is 2.85 bits per heavy atom. The van der Waals surface area contributed by atoms with E-state index in [0.29, 0.717) is 5.82 Å². The number of aromatic nitrogens is 6. The Kier molecular flexibility index (Phi) is 5.06. The van der Waals surface area contributed by atoms with Gasteiger partial charge in [-0.15, -0.1) is 0 Å². The number of hydrogen-bond acceptors (Lipinski definition) is 7. The average molecular weight is 364 g/mol. The summed E-state index contributed by atoms with van der Waals surface area (Å²) >= 11 is 0. The highest BCUT2D eigenvalue weighted by molar-refractivity contribution is 5.50. The van der Waals surface area contributed by atoms with Crippen LogP contribution >= 0.6 is 0 Å².